The van der Waals surface area contributed by atoms with Crippen molar-refractivity contribution < 1.29 is 4.79 Å². The van der Waals surface area contributed by atoms with Gasteiger partial charge in [-0.1, -0.05) is 0 Å². The van der Waals surface area contributed by atoms with Crippen LogP contribution in [0.2, 0.25) is 0 Å². The third-order valence-electron chi connectivity index (χ3n) is 5.72. The normalized spacial score (nSPS) is 40.5. The van der Waals surface area contributed by atoms with Gasteiger partial charge < -0.3 is 10.2 Å². The molecule has 0 unspecified atom stereocenters. The van der Waals surface area contributed by atoms with Gasteiger partial charge in [0.25, 0.3) is 0 Å². The maximum Gasteiger partial charge on any atom is 0.226 e. The van der Waals surface area contributed by atoms with Crippen LogP contribution in [0.25, 0.3) is 0 Å². The van der Waals surface area contributed by atoms with Crippen LogP contribution in [0.15, 0.2) is 0 Å². The second-order valence-electron chi connectivity index (χ2n) is 7.59. The minimum atomic E-state index is 0.00511. The second kappa shape index (κ2) is 5.08. The Morgan fingerprint density at radius 1 is 1.16 bits per heavy atom. The lowest BCUT2D eigenvalue weighted by molar-refractivity contribution is -0.135. The number of hydrogen-bond acceptors (Lipinski definition) is 2. The predicted octanol–water partition coefficient (Wildman–Crippen LogP) is 2.27. The van der Waals surface area contributed by atoms with Crippen molar-refractivity contribution in [2.24, 2.45) is 23.2 Å². The Labute approximate surface area is 117 Å². The first-order chi connectivity index (χ1) is 9.07. The molecule has 0 radical (unpaired) electrons. The first-order valence-electron chi connectivity index (χ1n) is 8.00. The highest BCUT2D eigenvalue weighted by Gasteiger charge is 2.51. The molecule has 4 rings (SSSR count). The molecule has 4 saturated carbocycles. The lowest BCUT2D eigenvalue weighted by Gasteiger charge is -2.44. The van der Waals surface area contributed by atoms with Crippen molar-refractivity contribution >= 4 is 5.91 Å². The van der Waals surface area contributed by atoms with Gasteiger partial charge in [-0.3, -0.25) is 4.79 Å². The number of fused-ring (bicyclic) bond motifs is 1. The third kappa shape index (κ3) is 2.67. The van der Waals surface area contributed by atoms with Crippen LogP contribution in [0.1, 0.15) is 44.9 Å². The number of rotatable bonds is 4. The summed E-state index contributed by atoms with van der Waals surface area (Å²) >= 11 is 0. The van der Waals surface area contributed by atoms with Crippen molar-refractivity contribution in [3.63, 3.8) is 0 Å². The van der Waals surface area contributed by atoms with E-state index < -0.39 is 0 Å². The average molecular weight is 264 g/mol. The summed E-state index contributed by atoms with van der Waals surface area (Å²) in [7, 11) is 4.11. The van der Waals surface area contributed by atoms with Gasteiger partial charge in [0, 0.05) is 18.5 Å². The van der Waals surface area contributed by atoms with E-state index >= 15 is 0 Å². The van der Waals surface area contributed by atoms with Gasteiger partial charge in [-0.25, -0.2) is 0 Å². The van der Waals surface area contributed by atoms with E-state index in [2.05, 4.69) is 24.3 Å². The zero-order valence-corrected chi connectivity index (χ0v) is 12.5. The first kappa shape index (κ1) is 13.4. The fraction of sp³-hybridized carbons (Fsp3) is 0.938. The third-order valence-corrected chi connectivity index (χ3v) is 5.72. The summed E-state index contributed by atoms with van der Waals surface area (Å²) in [6, 6.07) is 0. The van der Waals surface area contributed by atoms with Crippen molar-refractivity contribution in [2.75, 3.05) is 27.2 Å². The molecule has 1 N–H and O–H groups in total. The van der Waals surface area contributed by atoms with Crippen molar-refractivity contribution in [1.29, 1.82) is 0 Å². The molecule has 4 aliphatic rings. The highest BCUT2D eigenvalue weighted by atomic mass is 16.2. The summed E-state index contributed by atoms with van der Waals surface area (Å²) < 4.78 is 0. The Morgan fingerprint density at radius 2 is 1.79 bits per heavy atom. The van der Waals surface area contributed by atoms with Crippen molar-refractivity contribution in [3.05, 3.63) is 0 Å². The fourth-order valence-electron chi connectivity index (χ4n) is 5.02. The summed E-state index contributed by atoms with van der Waals surface area (Å²) in [5.41, 5.74) is 0.00511. The number of nitrogens with zero attached hydrogens (tertiary/aromatic N) is 1. The predicted molar refractivity (Wildman–Crippen MR) is 76.8 cm³/mol. The van der Waals surface area contributed by atoms with Gasteiger partial charge in [-0.05, 0) is 76.8 Å². The van der Waals surface area contributed by atoms with Crippen molar-refractivity contribution in [1.82, 2.24) is 10.2 Å². The van der Waals surface area contributed by atoms with Gasteiger partial charge in [0.2, 0.25) is 5.91 Å². The zero-order valence-electron chi connectivity index (χ0n) is 12.5. The molecule has 0 spiro atoms. The average Bonchev–Trinajstić information content (AvgIpc) is 2.54. The van der Waals surface area contributed by atoms with Gasteiger partial charge in [0.1, 0.15) is 0 Å². The van der Waals surface area contributed by atoms with Crippen LogP contribution in [-0.2, 0) is 4.79 Å². The molecule has 0 saturated heterocycles. The standard InChI is InChI=1S/C16H28N2O/c1-18(2)6-5-17-15(19)16-4-3-12-7-13(10-16)9-14(8-12)11-16/h12-14H,3-11H2,1-2H3,(H,17,19)/t12?,13-,14-,16?/m1/s1. The van der Waals surface area contributed by atoms with E-state index in [0.717, 1.165) is 37.3 Å². The Bertz CT molecular complexity index is 339. The van der Waals surface area contributed by atoms with Crippen LogP contribution in [0.5, 0.6) is 0 Å². The van der Waals surface area contributed by atoms with Crippen LogP contribution in [0.4, 0.5) is 0 Å². The van der Waals surface area contributed by atoms with Crippen LogP contribution in [0, 0.1) is 23.2 Å². The van der Waals surface area contributed by atoms with E-state index in [1.165, 1.54) is 38.5 Å². The first-order valence-corrected chi connectivity index (χ1v) is 8.00. The second-order valence-corrected chi connectivity index (χ2v) is 7.59. The summed E-state index contributed by atoms with van der Waals surface area (Å²) in [6.45, 7) is 1.74. The number of hydrogen-bond donors (Lipinski definition) is 1. The summed E-state index contributed by atoms with van der Waals surface area (Å²) in [5, 5.41) is 3.22. The van der Waals surface area contributed by atoms with Gasteiger partial charge >= 0.3 is 0 Å². The molecule has 3 nitrogen and oxygen atoms in total. The molecule has 4 bridgehead atoms. The maximum atomic E-state index is 12.7. The Hall–Kier alpha value is -0.570. The molecule has 19 heavy (non-hydrogen) atoms. The summed E-state index contributed by atoms with van der Waals surface area (Å²) in [5.74, 6) is 2.99. The Morgan fingerprint density at radius 3 is 2.42 bits per heavy atom. The molecule has 0 heterocycles. The van der Waals surface area contributed by atoms with Gasteiger partial charge in [0.05, 0.1) is 0 Å². The van der Waals surface area contributed by atoms with Gasteiger partial charge in [-0.15, -0.1) is 0 Å². The molecule has 0 aromatic heterocycles. The molecule has 0 aliphatic heterocycles. The summed E-state index contributed by atoms with van der Waals surface area (Å²) in [6.07, 6.45) is 9.02. The Kier molecular flexibility index (Phi) is 3.59. The largest absolute Gasteiger partial charge is 0.354 e. The van der Waals surface area contributed by atoms with Gasteiger partial charge in [0.15, 0.2) is 0 Å². The van der Waals surface area contributed by atoms with Crippen LogP contribution < -0.4 is 5.32 Å². The monoisotopic (exact) mass is 264 g/mol. The minimum absolute atomic E-state index is 0.00511. The minimum Gasteiger partial charge on any atom is -0.354 e. The molecule has 4 fully saturated rings. The molecule has 108 valence electrons. The molecule has 1 amide bonds. The number of carbonyl (C=O) groups excluding carboxylic acids is 1. The lowest BCUT2D eigenvalue weighted by atomic mass is 9.61. The topological polar surface area (TPSA) is 32.3 Å². The molecule has 0 aromatic rings. The molecule has 2 atom stereocenters. The highest BCUT2D eigenvalue weighted by molar-refractivity contribution is 5.82. The maximum absolute atomic E-state index is 12.7. The highest BCUT2D eigenvalue weighted by Crippen LogP contribution is 2.57. The van der Waals surface area contributed by atoms with Crippen molar-refractivity contribution in [3.8, 4) is 0 Å². The quantitative estimate of drug-likeness (QED) is 0.845. The molecular formula is C16H28N2O. The van der Waals surface area contributed by atoms with E-state index in [-0.39, 0.29) is 5.41 Å². The van der Waals surface area contributed by atoms with E-state index in [0.29, 0.717) is 5.91 Å². The van der Waals surface area contributed by atoms with Crippen LogP contribution in [-0.4, -0.2) is 38.0 Å². The van der Waals surface area contributed by atoms with Gasteiger partial charge in [-0.2, -0.15) is 0 Å². The van der Waals surface area contributed by atoms with Crippen LogP contribution in [0.3, 0.4) is 0 Å². The van der Waals surface area contributed by atoms with E-state index in [1.54, 1.807) is 0 Å². The molecule has 3 heteroatoms. The summed E-state index contributed by atoms with van der Waals surface area (Å²) in [4.78, 5) is 14.8. The Balaban J connectivity index is 1.66. The SMILES string of the molecule is CN(C)CCNC(=O)C12CCC3C[C@H](C[C@@H](C3)C1)C2. The van der Waals surface area contributed by atoms with Crippen LogP contribution >= 0.6 is 0 Å². The molecule has 0 aromatic carbocycles. The van der Waals surface area contributed by atoms with E-state index in [4.69, 9.17) is 0 Å². The van der Waals surface area contributed by atoms with E-state index in [1.807, 2.05) is 0 Å². The fourth-order valence-corrected chi connectivity index (χ4v) is 5.02. The van der Waals surface area contributed by atoms with Crippen molar-refractivity contribution in [2.45, 2.75) is 44.9 Å². The zero-order chi connectivity index (χ0) is 13.5. The lowest BCUT2D eigenvalue weighted by Crippen LogP contribution is -2.47. The smallest absolute Gasteiger partial charge is 0.226 e. The number of likely N-dealkylation sites (N-methyl/N-ethyl adjacent to an activating group) is 1. The number of nitrogens with one attached hydrogen (secondary N) is 1. The van der Waals surface area contributed by atoms with E-state index in [9.17, 15) is 4.79 Å². The number of carbonyl (C=O) groups is 1. The molecular weight excluding hydrogens is 236 g/mol. The number of amides is 1. The molecule has 4 aliphatic carbocycles.